The number of likely N-dealkylation sites (tertiary alicyclic amines) is 1. The summed E-state index contributed by atoms with van der Waals surface area (Å²) in [6.45, 7) is 2.30. The van der Waals surface area contributed by atoms with Gasteiger partial charge in [0.1, 0.15) is 0 Å². The van der Waals surface area contributed by atoms with Crippen LogP contribution >= 0.6 is 0 Å². The number of fused-ring (bicyclic) bond motifs is 3. The number of ether oxygens (including phenoxy) is 3. The number of amides is 1. The zero-order valence-corrected chi connectivity index (χ0v) is 19.6. The molecular weight excluding hydrogens is 430 g/mol. The number of piperidine rings is 1. The number of carbonyl (C=O) groups is 2. The first kappa shape index (κ1) is 21.3. The molecule has 6 heteroatoms. The minimum Gasteiger partial charge on any atom is -0.469 e. The van der Waals surface area contributed by atoms with Crippen molar-refractivity contribution in [1.29, 1.82) is 0 Å². The van der Waals surface area contributed by atoms with E-state index in [1.807, 2.05) is 29.2 Å². The van der Waals surface area contributed by atoms with Crippen LogP contribution in [-0.4, -0.2) is 30.7 Å². The van der Waals surface area contributed by atoms with Gasteiger partial charge in [-0.15, -0.1) is 0 Å². The van der Waals surface area contributed by atoms with Crippen LogP contribution in [0.4, 0.5) is 0 Å². The predicted octanol–water partition coefficient (Wildman–Crippen LogP) is 4.58. The molecule has 2 aromatic rings. The molecule has 2 aliphatic carbocycles. The van der Waals surface area contributed by atoms with Crippen LogP contribution in [0.15, 0.2) is 54.2 Å². The van der Waals surface area contributed by atoms with Gasteiger partial charge in [0.25, 0.3) is 0 Å². The third kappa shape index (κ3) is 3.23. The Hall–Kier alpha value is -3.28. The summed E-state index contributed by atoms with van der Waals surface area (Å²) in [6, 6.07) is 14.2. The average molecular weight is 460 g/mol. The van der Waals surface area contributed by atoms with Crippen LogP contribution in [0.5, 0.6) is 11.5 Å². The Morgan fingerprint density at radius 2 is 1.85 bits per heavy atom. The van der Waals surface area contributed by atoms with E-state index >= 15 is 0 Å². The fourth-order valence-electron chi connectivity index (χ4n) is 6.52. The molecule has 34 heavy (non-hydrogen) atoms. The highest BCUT2D eigenvalue weighted by atomic mass is 16.7. The molecule has 0 spiro atoms. The Morgan fingerprint density at radius 3 is 2.59 bits per heavy atom. The van der Waals surface area contributed by atoms with Gasteiger partial charge in [-0.3, -0.25) is 9.59 Å². The highest BCUT2D eigenvalue weighted by molar-refractivity contribution is 5.82. The number of carbonyl (C=O) groups excluding carboxylic acids is 2. The largest absolute Gasteiger partial charge is 0.469 e. The van der Waals surface area contributed by atoms with E-state index in [1.54, 1.807) is 0 Å². The Kier molecular flexibility index (Phi) is 4.94. The molecule has 1 amide bonds. The van der Waals surface area contributed by atoms with E-state index in [1.165, 1.54) is 7.11 Å². The molecule has 4 aliphatic rings. The van der Waals surface area contributed by atoms with Crippen molar-refractivity contribution in [2.24, 2.45) is 17.3 Å². The molecule has 6 rings (SSSR count). The Bertz CT molecular complexity index is 1190. The maximum atomic E-state index is 13.6. The first-order chi connectivity index (χ1) is 16.5. The number of hydrogen-bond acceptors (Lipinski definition) is 5. The Balaban J connectivity index is 1.45. The van der Waals surface area contributed by atoms with Crippen molar-refractivity contribution >= 4 is 11.9 Å². The zero-order chi connectivity index (χ0) is 23.4. The summed E-state index contributed by atoms with van der Waals surface area (Å²) in [5.74, 6) is 1.69. The second-order valence-corrected chi connectivity index (χ2v) is 10.1. The molecule has 6 nitrogen and oxygen atoms in total. The van der Waals surface area contributed by atoms with Crippen molar-refractivity contribution in [3.63, 3.8) is 0 Å². The first-order valence-electron chi connectivity index (χ1n) is 12.1. The molecule has 1 fully saturated rings. The average Bonchev–Trinajstić information content (AvgIpc) is 3.30. The lowest BCUT2D eigenvalue weighted by Gasteiger charge is -2.50. The summed E-state index contributed by atoms with van der Waals surface area (Å²) in [4.78, 5) is 28.8. The lowest BCUT2D eigenvalue weighted by molar-refractivity contribution is -0.155. The molecule has 0 aromatic heterocycles. The molecule has 176 valence electrons. The van der Waals surface area contributed by atoms with Crippen molar-refractivity contribution in [2.45, 2.75) is 45.1 Å². The van der Waals surface area contributed by atoms with Gasteiger partial charge in [-0.25, -0.2) is 0 Å². The summed E-state index contributed by atoms with van der Waals surface area (Å²) in [7, 11) is 1.47. The summed E-state index contributed by atoms with van der Waals surface area (Å²) in [5, 5.41) is 0. The van der Waals surface area contributed by atoms with Crippen molar-refractivity contribution < 1.29 is 23.8 Å². The van der Waals surface area contributed by atoms with Gasteiger partial charge in [0.05, 0.1) is 18.6 Å². The van der Waals surface area contributed by atoms with Crippen molar-refractivity contribution in [2.75, 3.05) is 13.9 Å². The first-order valence-corrected chi connectivity index (χ1v) is 12.1. The predicted molar refractivity (Wildman–Crippen MR) is 125 cm³/mol. The van der Waals surface area contributed by atoms with E-state index in [0.717, 1.165) is 40.3 Å². The second kappa shape index (κ2) is 7.90. The molecule has 2 heterocycles. The number of methoxy groups -OCH3 is 1. The topological polar surface area (TPSA) is 65.1 Å². The lowest BCUT2D eigenvalue weighted by atomic mass is 9.60. The van der Waals surface area contributed by atoms with Crippen molar-refractivity contribution in [1.82, 2.24) is 4.90 Å². The number of rotatable bonds is 3. The molecule has 1 saturated heterocycles. The number of esters is 1. The quantitative estimate of drug-likeness (QED) is 0.629. The number of allylic oxidation sites excluding steroid dienone is 2. The molecule has 2 aromatic carbocycles. The molecule has 0 N–H and O–H groups in total. The Labute approximate surface area is 199 Å². The minimum absolute atomic E-state index is 0.0573. The molecule has 0 saturated carbocycles. The van der Waals surface area contributed by atoms with E-state index in [9.17, 15) is 9.59 Å². The maximum absolute atomic E-state index is 13.6. The lowest BCUT2D eigenvalue weighted by Crippen LogP contribution is -2.50. The third-order valence-electron chi connectivity index (χ3n) is 8.24. The standard InChI is InChI=1S/C28H29NO5/c1-17(18-6-4-3-5-7-18)29-23-8-9-28(27(31)32-2)14-21-12-25-24(33-16-34-25)11-19(21)10-20(13-26(29)30)22(23)15-28/h3-8,11-12,17,20,22H,9-10,13-16H2,1-2H3/t17-,20+,22+,28-/m1/s1. The van der Waals surface area contributed by atoms with Gasteiger partial charge in [0.15, 0.2) is 11.5 Å². The fraction of sp³-hybridized carbons (Fsp3) is 0.429. The van der Waals surface area contributed by atoms with E-state index in [-0.39, 0.29) is 36.5 Å². The van der Waals surface area contributed by atoms with Gasteiger partial charge >= 0.3 is 5.97 Å². The normalized spacial score (nSPS) is 27.8. The molecule has 0 unspecified atom stereocenters. The van der Waals surface area contributed by atoms with Gasteiger partial charge in [-0.1, -0.05) is 36.4 Å². The van der Waals surface area contributed by atoms with Gasteiger partial charge in [-0.2, -0.15) is 0 Å². The van der Waals surface area contributed by atoms with E-state index < -0.39 is 5.41 Å². The van der Waals surface area contributed by atoms with E-state index in [2.05, 4.69) is 31.2 Å². The number of nitrogens with zero attached hydrogens (tertiary/aromatic N) is 1. The van der Waals surface area contributed by atoms with Gasteiger partial charge in [-0.05, 0) is 67.3 Å². The van der Waals surface area contributed by atoms with Crippen LogP contribution in [0.2, 0.25) is 0 Å². The molecular formula is C28H29NO5. The molecule has 4 atom stereocenters. The summed E-state index contributed by atoms with van der Waals surface area (Å²) < 4.78 is 16.6. The van der Waals surface area contributed by atoms with Crippen LogP contribution in [0.3, 0.4) is 0 Å². The van der Waals surface area contributed by atoms with Gasteiger partial charge < -0.3 is 19.1 Å². The van der Waals surface area contributed by atoms with Crippen LogP contribution in [0.25, 0.3) is 0 Å². The van der Waals surface area contributed by atoms with Crippen LogP contribution in [0.1, 0.15) is 48.9 Å². The summed E-state index contributed by atoms with van der Waals surface area (Å²) in [5.41, 5.74) is 3.78. The van der Waals surface area contributed by atoms with E-state index in [0.29, 0.717) is 25.7 Å². The highest BCUT2D eigenvalue weighted by Crippen LogP contribution is 2.53. The molecule has 2 aliphatic heterocycles. The van der Waals surface area contributed by atoms with Crippen LogP contribution in [0, 0.1) is 17.3 Å². The number of hydrogen-bond donors (Lipinski definition) is 0. The fourth-order valence-corrected chi connectivity index (χ4v) is 6.52. The molecule has 0 radical (unpaired) electrons. The number of benzene rings is 2. The van der Waals surface area contributed by atoms with Crippen LogP contribution < -0.4 is 9.47 Å². The van der Waals surface area contributed by atoms with Gasteiger partial charge in [0, 0.05) is 18.0 Å². The smallest absolute Gasteiger partial charge is 0.312 e. The SMILES string of the molecule is COC(=O)[C@@]12CC=C3[C@@H](C1)[C@H](CC(=O)N3[C@H](C)c1ccccc1)Cc1cc3c(cc1C2)OCO3. The zero-order valence-electron chi connectivity index (χ0n) is 19.6. The molecule has 2 bridgehead atoms. The van der Waals surface area contributed by atoms with Crippen molar-refractivity contribution in [3.05, 3.63) is 70.9 Å². The van der Waals surface area contributed by atoms with Crippen molar-refractivity contribution in [3.8, 4) is 11.5 Å². The van der Waals surface area contributed by atoms with Gasteiger partial charge in [0.2, 0.25) is 12.7 Å². The summed E-state index contributed by atoms with van der Waals surface area (Å²) >= 11 is 0. The third-order valence-corrected chi connectivity index (χ3v) is 8.24. The maximum Gasteiger partial charge on any atom is 0.312 e. The van der Waals surface area contributed by atoms with E-state index in [4.69, 9.17) is 14.2 Å². The second-order valence-electron chi connectivity index (χ2n) is 10.1. The summed E-state index contributed by atoms with van der Waals surface area (Å²) in [6.07, 6.45) is 5.23. The monoisotopic (exact) mass is 459 g/mol. The highest BCUT2D eigenvalue weighted by Gasteiger charge is 2.52. The Morgan fingerprint density at radius 1 is 1.12 bits per heavy atom. The van der Waals surface area contributed by atoms with Crippen LogP contribution in [-0.2, 0) is 27.2 Å². The minimum atomic E-state index is -0.647.